The van der Waals surface area contributed by atoms with E-state index in [4.69, 9.17) is 5.11 Å². The normalized spacial score (nSPS) is 11.4. The van der Waals surface area contributed by atoms with Gasteiger partial charge in [-0.3, -0.25) is 0 Å². The third-order valence-electron chi connectivity index (χ3n) is 2.95. The Morgan fingerprint density at radius 1 is 1.32 bits per heavy atom. The van der Waals surface area contributed by atoms with Crippen molar-refractivity contribution < 1.29 is 5.11 Å². The third kappa shape index (κ3) is 6.38. The first kappa shape index (κ1) is 15.7. The number of hydrogen-bond donors (Lipinski definition) is 3. The number of hydrogen-bond acceptors (Lipinski definition) is 5. The fourth-order valence-corrected chi connectivity index (χ4v) is 1.75. The molecule has 0 saturated carbocycles. The maximum atomic E-state index is 8.88. The summed E-state index contributed by atoms with van der Waals surface area (Å²) in [5.41, 5.74) is 0.144. The van der Waals surface area contributed by atoms with Crippen molar-refractivity contribution in [3.63, 3.8) is 0 Å². The average Bonchev–Trinajstić information content (AvgIpc) is 2.41. The molecule has 0 spiro atoms. The van der Waals surface area contributed by atoms with Crippen LogP contribution in [0.25, 0.3) is 0 Å². The van der Waals surface area contributed by atoms with Crippen LogP contribution in [0.1, 0.15) is 40.0 Å². The van der Waals surface area contributed by atoms with Gasteiger partial charge in [0.2, 0.25) is 5.95 Å². The minimum absolute atomic E-state index is 0.144. The lowest BCUT2D eigenvalue weighted by Crippen LogP contribution is -2.24. The predicted octanol–water partition coefficient (Wildman–Crippen LogP) is 2.51. The van der Waals surface area contributed by atoms with Gasteiger partial charge in [0.15, 0.2) is 0 Å². The number of rotatable bonds is 9. The summed E-state index contributed by atoms with van der Waals surface area (Å²) in [6.45, 7) is 8.45. The standard InChI is InChI=1S/C14H26N4O/c1-4-8-15-13-16-9-6-12(18-13)17-11-14(2,3)7-5-10-19/h6,9,19H,4-5,7-8,10-11H2,1-3H3,(H2,15,16,17,18). The number of aliphatic hydroxyl groups is 1. The molecule has 0 radical (unpaired) electrons. The van der Waals surface area contributed by atoms with Gasteiger partial charge in [0.1, 0.15) is 5.82 Å². The van der Waals surface area contributed by atoms with Crippen LogP contribution in [-0.2, 0) is 0 Å². The van der Waals surface area contributed by atoms with E-state index in [1.165, 1.54) is 0 Å². The number of nitrogens with zero attached hydrogens (tertiary/aromatic N) is 2. The third-order valence-corrected chi connectivity index (χ3v) is 2.95. The van der Waals surface area contributed by atoms with Crippen LogP contribution < -0.4 is 10.6 Å². The van der Waals surface area contributed by atoms with Crippen molar-refractivity contribution in [2.24, 2.45) is 5.41 Å². The van der Waals surface area contributed by atoms with Crippen LogP contribution in [0.2, 0.25) is 0 Å². The van der Waals surface area contributed by atoms with Gasteiger partial charge in [0, 0.05) is 25.9 Å². The Labute approximate surface area is 115 Å². The molecule has 0 aliphatic heterocycles. The highest BCUT2D eigenvalue weighted by atomic mass is 16.2. The van der Waals surface area contributed by atoms with Crippen molar-refractivity contribution in [1.82, 2.24) is 9.97 Å². The Bertz CT molecular complexity index is 368. The second-order valence-electron chi connectivity index (χ2n) is 5.54. The topological polar surface area (TPSA) is 70.1 Å². The van der Waals surface area contributed by atoms with E-state index in [1.807, 2.05) is 6.07 Å². The molecule has 0 amide bonds. The maximum absolute atomic E-state index is 8.88. The van der Waals surface area contributed by atoms with E-state index in [0.29, 0.717) is 5.95 Å². The van der Waals surface area contributed by atoms with Crippen molar-refractivity contribution in [3.05, 3.63) is 12.3 Å². The first-order chi connectivity index (χ1) is 9.07. The van der Waals surface area contributed by atoms with Gasteiger partial charge in [-0.05, 0) is 30.7 Å². The SMILES string of the molecule is CCCNc1nccc(NCC(C)(C)CCCO)n1. The quantitative estimate of drug-likeness (QED) is 0.640. The highest BCUT2D eigenvalue weighted by molar-refractivity contribution is 5.39. The highest BCUT2D eigenvalue weighted by Crippen LogP contribution is 2.22. The summed E-state index contributed by atoms with van der Waals surface area (Å²) in [6, 6.07) is 1.87. The molecule has 5 heteroatoms. The summed E-state index contributed by atoms with van der Waals surface area (Å²) >= 11 is 0. The molecule has 1 aromatic heterocycles. The van der Waals surface area contributed by atoms with Crippen molar-refractivity contribution in [1.29, 1.82) is 0 Å². The van der Waals surface area contributed by atoms with E-state index in [-0.39, 0.29) is 12.0 Å². The molecule has 0 unspecified atom stereocenters. The van der Waals surface area contributed by atoms with Crippen molar-refractivity contribution >= 4 is 11.8 Å². The van der Waals surface area contributed by atoms with Crippen LogP contribution in [-0.4, -0.2) is 34.8 Å². The van der Waals surface area contributed by atoms with E-state index in [0.717, 1.165) is 38.2 Å². The van der Waals surface area contributed by atoms with E-state index in [1.54, 1.807) is 6.20 Å². The van der Waals surface area contributed by atoms with Gasteiger partial charge in [0.25, 0.3) is 0 Å². The largest absolute Gasteiger partial charge is 0.396 e. The smallest absolute Gasteiger partial charge is 0.224 e. The van der Waals surface area contributed by atoms with Crippen LogP contribution >= 0.6 is 0 Å². The molecule has 0 aliphatic carbocycles. The molecule has 0 saturated heterocycles. The van der Waals surface area contributed by atoms with Gasteiger partial charge in [0.05, 0.1) is 0 Å². The average molecular weight is 266 g/mol. The summed E-state index contributed by atoms with van der Waals surface area (Å²) in [4.78, 5) is 8.59. The number of aliphatic hydroxyl groups excluding tert-OH is 1. The molecule has 0 bridgehead atoms. The zero-order valence-electron chi connectivity index (χ0n) is 12.2. The molecule has 0 atom stereocenters. The summed E-state index contributed by atoms with van der Waals surface area (Å²) in [5, 5.41) is 15.4. The fourth-order valence-electron chi connectivity index (χ4n) is 1.75. The summed E-state index contributed by atoms with van der Waals surface area (Å²) < 4.78 is 0. The Morgan fingerprint density at radius 2 is 2.11 bits per heavy atom. The zero-order valence-corrected chi connectivity index (χ0v) is 12.2. The minimum Gasteiger partial charge on any atom is -0.396 e. The Hall–Kier alpha value is -1.36. The zero-order chi connectivity index (χ0) is 14.1. The van der Waals surface area contributed by atoms with Crippen molar-refractivity contribution in [3.8, 4) is 0 Å². The second kappa shape index (κ2) is 7.94. The molecule has 1 aromatic rings. The monoisotopic (exact) mass is 266 g/mol. The van der Waals surface area contributed by atoms with Gasteiger partial charge in [-0.1, -0.05) is 20.8 Å². The van der Waals surface area contributed by atoms with E-state index in [2.05, 4.69) is 41.4 Å². The fraction of sp³-hybridized carbons (Fsp3) is 0.714. The van der Waals surface area contributed by atoms with E-state index < -0.39 is 0 Å². The van der Waals surface area contributed by atoms with E-state index in [9.17, 15) is 0 Å². The molecular formula is C14H26N4O. The molecule has 0 aromatic carbocycles. The molecule has 19 heavy (non-hydrogen) atoms. The molecule has 5 nitrogen and oxygen atoms in total. The first-order valence-electron chi connectivity index (χ1n) is 6.99. The van der Waals surface area contributed by atoms with Gasteiger partial charge in [-0.15, -0.1) is 0 Å². The van der Waals surface area contributed by atoms with Crippen LogP contribution in [0.5, 0.6) is 0 Å². The van der Waals surface area contributed by atoms with Crippen molar-refractivity contribution in [2.75, 3.05) is 30.3 Å². The molecule has 1 heterocycles. The Kier molecular flexibility index (Phi) is 6.56. The lowest BCUT2D eigenvalue weighted by atomic mass is 9.88. The number of anilines is 2. The van der Waals surface area contributed by atoms with Gasteiger partial charge < -0.3 is 15.7 Å². The van der Waals surface area contributed by atoms with E-state index >= 15 is 0 Å². The van der Waals surface area contributed by atoms with Crippen LogP contribution in [0.15, 0.2) is 12.3 Å². The van der Waals surface area contributed by atoms with Crippen molar-refractivity contribution in [2.45, 2.75) is 40.0 Å². The minimum atomic E-state index is 0.144. The summed E-state index contributed by atoms with van der Waals surface area (Å²) in [5.74, 6) is 1.51. The number of nitrogens with one attached hydrogen (secondary N) is 2. The number of aromatic nitrogens is 2. The van der Waals surface area contributed by atoms with Gasteiger partial charge in [-0.25, -0.2) is 4.98 Å². The molecule has 0 aliphatic rings. The molecule has 3 N–H and O–H groups in total. The van der Waals surface area contributed by atoms with Crippen LogP contribution in [0, 0.1) is 5.41 Å². The second-order valence-corrected chi connectivity index (χ2v) is 5.54. The van der Waals surface area contributed by atoms with Gasteiger partial charge >= 0.3 is 0 Å². The van der Waals surface area contributed by atoms with Crippen LogP contribution in [0.4, 0.5) is 11.8 Å². The first-order valence-corrected chi connectivity index (χ1v) is 6.99. The predicted molar refractivity (Wildman–Crippen MR) is 79.4 cm³/mol. The van der Waals surface area contributed by atoms with Gasteiger partial charge in [-0.2, -0.15) is 4.98 Å². The lowest BCUT2D eigenvalue weighted by Gasteiger charge is -2.24. The summed E-state index contributed by atoms with van der Waals surface area (Å²) in [7, 11) is 0. The Morgan fingerprint density at radius 3 is 2.79 bits per heavy atom. The molecule has 108 valence electrons. The highest BCUT2D eigenvalue weighted by Gasteiger charge is 2.17. The molecular weight excluding hydrogens is 240 g/mol. The summed E-state index contributed by atoms with van der Waals surface area (Å²) in [6.07, 6.45) is 4.63. The van der Waals surface area contributed by atoms with Crippen LogP contribution in [0.3, 0.4) is 0 Å². The molecule has 0 fully saturated rings. The Balaban J connectivity index is 2.48. The maximum Gasteiger partial charge on any atom is 0.224 e. The lowest BCUT2D eigenvalue weighted by molar-refractivity contribution is 0.248. The molecule has 1 rings (SSSR count).